The van der Waals surface area contributed by atoms with E-state index in [1.54, 1.807) is 23.5 Å². The van der Waals surface area contributed by atoms with Crippen LogP contribution in [0.3, 0.4) is 0 Å². The van der Waals surface area contributed by atoms with Gasteiger partial charge < -0.3 is 18.9 Å². The normalized spacial score (nSPS) is 10.5. The summed E-state index contributed by atoms with van der Waals surface area (Å²) in [5.41, 5.74) is 2.53. The van der Waals surface area contributed by atoms with E-state index in [0.717, 1.165) is 16.3 Å². The Morgan fingerprint density at radius 1 is 1.07 bits per heavy atom. The van der Waals surface area contributed by atoms with Gasteiger partial charge in [-0.1, -0.05) is 0 Å². The molecule has 0 fully saturated rings. The first-order valence-electron chi connectivity index (χ1n) is 8.06. The molecule has 0 spiro atoms. The Balaban J connectivity index is 1.62. The smallest absolute Gasteiger partial charge is 0.310 e. The summed E-state index contributed by atoms with van der Waals surface area (Å²) in [6.45, 7) is 0.143. The Morgan fingerprint density at radius 3 is 2.41 bits per heavy atom. The van der Waals surface area contributed by atoms with Crippen molar-refractivity contribution in [3.63, 3.8) is 0 Å². The van der Waals surface area contributed by atoms with E-state index in [9.17, 15) is 4.79 Å². The highest BCUT2D eigenvalue weighted by Crippen LogP contribution is 2.38. The van der Waals surface area contributed by atoms with Gasteiger partial charge in [0.15, 0.2) is 11.5 Å². The van der Waals surface area contributed by atoms with E-state index in [2.05, 4.69) is 4.98 Å². The molecule has 3 rings (SSSR count). The van der Waals surface area contributed by atoms with Gasteiger partial charge in [0.1, 0.15) is 11.6 Å². The first-order valence-corrected chi connectivity index (χ1v) is 9.88. The Hall–Kier alpha value is -2.58. The van der Waals surface area contributed by atoms with Gasteiger partial charge in [-0.3, -0.25) is 4.79 Å². The minimum Gasteiger partial charge on any atom is -0.493 e. The van der Waals surface area contributed by atoms with Crippen molar-refractivity contribution in [3.8, 4) is 27.8 Å². The molecule has 0 saturated heterocycles. The molecular weight excluding hydrogens is 386 g/mol. The summed E-state index contributed by atoms with van der Waals surface area (Å²) >= 11 is 3.16. The molecule has 0 aliphatic heterocycles. The number of hydrogen-bond acceptors (Lipinski definition) is 8. The monoisotopic (exact) mass is 405 g/mol. The molecule has 27 heavy (non-hydrogen) atoms. The van der Waals surface area contributed by atoms with Crippen molar-refractivity contribution < 1.29 is 23.7 Å². The standard InChI is InChI=1S/C19H19NO5S2/c1-22-15-6-12(7-16(23-2)18(15)24-3)8-17(21)25-9-14-11-27-19(20-14)13-4-5-26-10-13/h4-7,10-11H,8-9H2,1-3H3. The molecule has 6 nitrogen and oxygen atoms in total. The summed E-state index contributed by atoms with van der Waals surface area (Å²) in [6, 6.07) is 5.49. The van der Waals surface area contributed by atoms with Crippen LogP contribution in [0.5, 0.6) is 17.2 Å². The summed E-state index contributed by atoms with van der Waals surface area (Å²) in [5, 5.41) is 6.87. The number of hydrogen-bond donors (Lipinski definition) is 0. The molecule has 0 unspecified atom stereocenters. The van der Waals surface area contributed by atoms with Crippen LogP contribution in [-0.2, 0) is 22.6 Å². The highest BCUT2D eigenvalue weighted by molar-refractivity contribution is 7.14. The fraction of sp³-hybridized carbons (Fsp3) is 0.263. The number of carbonyl (C=O) groups is 1. The first kappa shape index (κ1) is 19.2. The Labute approximate surface area is 165 Å². The summed E-state index contributed by atoms with van der Waals surface area (Å²) in [5.74, 6) is 1.13. The van der Waals surface area contributed by atoms with Crippen molar-refractivity contribution >= 4 is 28.6 Å². The molecule has 0 radical (unpaired) electrons. The molecule has 142 valence electrons. The molecule has 0 bridgehead atoms. The number of carbonyl (C=O) groups excluding carboxylic acids is 1. The molecule has 2 aromatic heterocycles. The van der Waals surface area contributed by atoms with Gasteiger partial charge in [-0.05, 0) is 29.1 Å². The number of methoxy groups -OCH3 is 3. The zero-order chi connectivity index (χ0) is 19.2. The molecule has 0 saturated carbocycles. The molecule has 0 aliphatic carbocycles. The maximum absolute atomic E-state index is 12.2. The van der Waals surface area contributed by atoms with E-state index >= 15 is 0 Å². The van der Waals surface area contributed by atoms with Gasteiger partial charge in [0.25, 0.3) is 0 Å². The number of rotatable bonds is 8. The maximum Gasteiger partial charge on any atom is 0.310 e. The molecule has 1 aromatic carbocycles. The third-order valence-electron chi connectivity index (χ3n) is 3.77. The molecule has 8 heteroatoms. The van der Waals surface area contributed by atoms with Crippen molar-refractivity contribution in [2.24, 2.45) is 0 Å². The summed E-state index contributed by atoms with van der Waals surface area (Å²) < 4.78 is 21.3. The van der Waals surface area contributed by atoms with E-state index < -0.39 is 0 Å². The van der Waals surface area contributed by atoms with Crippen LogP contribution in [0.4, 0.5) is 0 Å². The van der Waals surface area contributed by atoms with Crippen LogP contribution in [0.15, 0.2) is 34.3 Å². The van der Waals surface area contributed by atoms with Crippen molar-refractivity contribution in [1.82, 2.24) is 4.98 Å². The van der Waals surface area contributed by atoms with Gasteiger partial charge >= 0.3 is 5.97 Å². The molecule has 0 amide bonds. The number of esters is 1. The lowest BCUT2D eigenvalue weighted by Gasteiger charge is -2.13. The third kappa shape index (κ3) is 4.58. The number of ether oxygens (including phenoxy) is 4. The second kappa shape index (κ2) is 8.88. The van der Waals surface area contributed by atoms with E-state index in [-0.39, 0.29) is 19.0 Å². The SMILES string of the molecule is COc1cc(CC(=O)OCc2csc(-c3ccsc3)n2)cc(OC)c1OC. The van der Waals surface area contributed by atoms with Crippen LogP contribution in [-0.4, -0.2) is 32.3 Å². The average Bonchev–Trinajstić information content (AvgIpc) is 3.37. The van der Waals surface area contributed by atoms with Crippen LogP contribution >= 0.6 is 22.7 Å². The van der Waals surface area contributed by atoms with Gasteiger partial charge in [-0.25, -0.2) is 4.98 Å². The lowest BCUT2D eigenvalue weighted by molar-refractivity contribution is -0.144. The van der Waals surface area contributed by atoms with Crippen LogP contribution in [0.1, 0.15) is 11.3 Å². The molecule has 2 heterocycles. The van der Waals surface area contributed by atoms with Gasteiger partial charge in [0, 0.05) is 16.3 Å². The summed E-state index contributed by atoms with van der Waals surface area (Å²) in [7, 11) is 4.60. The topological polar surface area (TPSA) is 66.9 Å². The zero-order valence-corrected chi connectivity index (χ0v) is 16.8. The predicted molar refractivity (Wildman–Crippen MR) is 105 cm³/mol. The molecule has 0 N–H and O–H groups in total. The van der Waals surface area contributed by atoms with Crippen molar-refractivity contribution in [2.75, 3.05) is 21.3 Å². The maximum atomic E-state index is 12.2. The minimum atomic E-state index is -0.352. The fourth-order valence-corrected chi connectivity index (χ4v) is 4.02. The molecule has 3 aromatic rings. The van der Waals surface area contributed by atoms with E-state index in [0.29, 0.717) is 22.8 Å². The third-order valence-corrected chi connectivity index (χ3v) is 5.40. The van der Waals surface area contributed by atoms with E-state index in [1.807, 2.05) is 22.2 Å². The van der Waals surface area contributed by atoms with E-state index in [1.165, 1.54) is 32.7 Å². The Kier molecular flexibility index (Phi) is 6.31. The Morgan fingerprint density at radius 2 is 1.81 bits per heavy atom. The van der Waals surface area contributed by atoms with Crippen molar-refractivity contribution in [1.29, 1.82) is 0 Å². The summed E-state index contributed by atoms with van der Waals surface area (Å²) in [4.78, 5) is 16.7. The second-order valence-corrected chi connectivity index (χ2v) is 7.17. The number of benzene rings is 1. The lowest BCUT2D eigenvalue weighted by atomic mass is 10.1. The second-order valence-electron chi connectivity index (χ2n) is 5.53. The van der Waals surface area contributed by atoms with Gasteiger partial charge in [-0.15, -0.1) is 11.3 Å². The molecular formula is C19H19NO5S2. The number of nitrogens with zero attached hydrogens (tertiary/aromatic N) is 1. The predicted octanol–water partition coefficient (Wildman–Crippen LogP) is 4.18. The Bertz CT molecular complexity index is 880. The van der Waals surface area contributed by atoms with E-state index in [4.69, 9.17) is 18.9 Å². The van der Waals surface area contributed by atoms with Crippen molar-refractivity contribution in [2.45, 2.75) is 13.0 Å². The quantitative estimate of drug-likeness (QED) is 0.524. The average molecular weight is 405 g/mol. The van der Waals surface area contributed by atoms with Crippen LogP contribution in [0, 0.1) is 0 Å². The highest BCUT2D eigenvalue weighted by atomic mass is 32.1. The number of thiazole rings is 1. The van der Waals surface area contributed by atoms with Gasteiger partial charge in [0.2, 0.25) is 5.75 Å². The first-order chi connectivity index (χ1) is 13.1. The zero-order valence-electron chi connectivity index (χ0n) is 15.2. The highest BCUT2D eigenvalue weighted by Gasteiger charge is 2.16. The van der Waals surface area contributed by atoms with Crippen LogP contribution < -0.4 is 14.2 Å². The lowest BCUT2D eigenvalue weighted by Crippen LogP contribution is -2.09. The fourth-order valence-electron chi connectivity index (χ4n) is 2.50. The minimum absolute atomic E-state index is 0.0955. The summed E-state index contributed by atoms with van der Waals surface area (Å²) in [6.07, 6.45) is 0.0955. The number of aromatic nitrogens is 1. The number of thiophene rings is 1. The largest absolute Gasteiger partial charge is 0.493 e. The molecule has 0 aliphatic rings. The van der Waals surface area contributed by atoms with Gasteiger partial charge in [-0.2, -0.15) is 11.3 Å². The van der Waals surface area contributed by atoms with Crippen molar-refractivity contribution in [3.05, 3.63) is 45.6 Å². The van der Waals surface area contributed by atoms with Gasteiger partial charge in [0.05, 0.1) is 33.4 Å². The molecule has 0 atom stereocenters. The van der Waals surface area contributed by atoms with Crippen LogP contribution in [0.25, 0.3) is 10.6 Å². The van der Waals surface area contributed by atoms with Crippen LogP contribution in [0.2, 0.25) is 0 Å².